The van der Waals surface area contributed by atoms with Gasteiger partial charge in [0.2, 0.25) is 0 Å². The number of carbonyl (C=O) groups excluding carboxylic acids is 1. The Morgan fingerprint density at radius 2 is 1.96 bits per heavy atom. The van der Waals surface area contributed by atoms with Gasteiger partial charge in [-0.1, -0.05) is 0 Å². The number of nitriles is 1. The highest BCUT2D eigenvalue weighted by molar-refractivity contribution is 5.96. The van der Waals surface area contributed by atoms with Crippen LogP contribution in [-0.4, -0.2) is 22.1 Å². The Morgan fingerprint density at radius 1 is 1.35 bits per heavy atom. The number of nitrogens with zero attached hydrogens (tertiary/aromatic N) is 3. The standard InChI is InChI=1S/C19H19N3O4/c1-5-26-19(23)18-12(2)17(21(4)13(18)3)10-15(11-20)14-6-8-16(9-7-14)22(24)25/h6-10H,5H2,1-4H3. The van der Waals surface area contributed by atoms with Crippen molar-refractivity contribution in [3.63, 3.8) is 0 Å². The molecule has 0 atom stereocenters. The molecular formula is C19H19N3O4. The van der Waals surface area contributed by atoms with Crippen LogP contribution in [0.3, 0.4) is 0 Å². The molecule has 7 nitrogen and oxygen atoms in total. The molecule has 2 rings (SSSR count). The maximum absolute atomic E-state index is 12.2. The Bertz CT molecular complexity index is 931. The molecule has 0 N–H and O–H groups in total. The number of ether oxygens (including phenoxy) is 1. The summed E-state index contributed by atoms with van der Waals surface area (Å²) >= 11 is 0. The molecule has 26 heavy (non-hydrogen) atoms. The maximum atomic E-state index is 12.2. The summed E-state index contributed by atoms with van der Waals surface area (Å²) in [6.45, 7) is 5.64. The molecule has 0 aliphatic heterocycles. The first-order valence-corrected chi connectivity index (χ1v) is 8.01. The molecule has 0 aliphatic rings. The third kappa shape index (κ3) is 3.49. The molecular weight excluding hydrogens is 334 g/mol. The molecule has 7 heteroatoms. The highest BCUT2D eigenvalue weighted by Gasteiger charge is 2.21. The molecule has 0 spiro atoms. The zero-order valence-corrected chi connectivity index (χ0v) is 15.1. The van der Waals surface area contributed by atoms with Gasteiger partial charge in [0.05, 0.1) is 28.7 Å². The number of hydrogen-bond donors (Lipinski definition) is 0. The maximum Gasteiger partial charge on any atom is 0.340 e. The van der Waals surface area contributed by atoms with Gasteiger partial charge in [-0.15, -0.1) is 0 Å². The van der Waals surface area contributed by atoms with E-state index in [9.17, 15) is 20.2 Å². The smallest absolute Gasteiger partial charge is 0.340 e. The van der Waals surface area contributed by atoms with Gasteiger partial charge >= 0.3 is 5.97 Å². The Morgan fingerprint density at radius 3 is 2.46 bits per heavy atom. The predicted octanol–water partition coefficient (Wildman–Crippen LogP) is 3.79. The van der Waals surface area contributed by atoms with Gasteiger partial charge < -0.3 is 9.30 Å². The number of esters is 1. The van der Waals surface area contributed by atoms with Gasteiger partial charge in [-0.2, -0.15) is 5.26 Å². The monoisotopic (exact) mass is 353 g/mol. The first-order valence-electron chi connectivity index (χ1n) is 8.01. The van der Waals surface area contributed by atoms with Crippen LogP contribution < -0.4 is 0 Å². The Kier molecular flexibility index (Phi) is 5.58. The third-order valence-electron chi connectivity index (χ3n) is 4.26. The van der Waals surface area contributed by atoms with E-state index in [2.05, 4.69) is 6.07 Å². The number of nitro groups is 1. The van der Waals surface area contributed by atoms with E-state index >= 15 is 0 Å². The molecule has 0 bridgehead atoms. The Hall–Kier alpha value is -3.40. The molecule has 2 aromatic rings. The van der Waals surface area contributed by atoms with E-state index < -0.39 is 10.9 Å². The van der Waals surface area contributed by atoms with Crippen LogP contribution in [0.25, 0.3) is 11.6 Å². The molecule has 1 aromatic carbocycles. The van der Waals surface area contributed by atoms with Crippen molar-refractivity contribution in [1.29, 1.82) is 5.26 Å². The fraction of sp³-hybridized carbons (Fsp3) is 0.263. The molecule has 1 heterocycles. The molecule has 134 valence electrons. The van der Waals surface area contributed by atoms with Crippen LogP contribution in [0.4, 0.5) is 5.69 Å². The second kappa shape index (κ2) is 7.66. The van der Waals surface area contributed by atoms with Crippen molar-refractivity contribution in [1.82, 2.24) is 4.57 Å². The molecule has 0 saturated heterocycles. The fourth-order valence-corrected chi connectivity index (χ4v) is 2.79. The van der Waals surface area contributed by atoms with Gasteiger partial charge in [0.1, 0.15) is 0 Å². The average molecular weight is 353 g/mol. The molecule has 0 saturated carbocycles. The topological polar surface area (TPSA) is 98.2 Å². The van der Waals surface area contributed by atoms with E-state index in [1.54, 1.807) is 19.9 Å². The highest BCUT2D eigenvalue weighted by Crippen LogP contribution is 2.27. The van der Waals surface area contributed by atoms with Gasteiger partial charge in [0, 0.05) is 30.6 Å². The number of non-ortho nitro benzene ring substituents is 1. The van der Waals surface area contributed by atoms with E-state index in [0.717, 1.165) is 11.3 Å². The number of allylic oxidation sites excluding steroid dienone is 1. The van der Waals surface area contributed by atoms with Crippen LogP contribution in [0.5, 0.6) is 0 Å². The molecule has 0 unspecified atom stereocenters. The molecule has 0 radical (unpaired) electrons. The summed E-state index contributed by atoms with van der Waals surface area (Å²) in [6, 6.07) is 7.89. The zero-order valence-electron chi connectivity index (χ0n) is 15.1. The van der Waals surface area contributed by atoms with Crippen LogP contribution in [0.15, 0.2) is 24.3 Å². The highest BCUT2D eigenvalue weighted by atomic mass is 16.6. The minimum absolute atomic E-state index is 0.0403. The van der Waals surface area contributed by atoms with Crippen molar-refractivity contribution < 1.29 is 14.5 Å². The van der Waals surface area contributed by atoms with Crippen molar-refractivity contribution >= 4 is 23.3 Å². The van der Waals surface area contributed by atoms with E-state index in [-0.39, 0.29) is 12.3 Å². The Balaban J connectivity index is 2.53. The number of benzene rings is 1. The summed E-state index contributed by atoms with van der Waals surface area (Å²) in [5.74, 6) is -0.397. The van der Waals surface area contributed by atoms with E-state index in [0.29, 0.717) is 22.4 Å². The van der Waals surface area contributed by atoms with Gasteiger partial charge in [-0.25, -0.2) is 4.79 Å². The molecule has 0 fully saturated rings. The molecule has 0 aliphatic carbocycles. The average Bonchev–Trinajstić information content (AvgIpc) is 2.82. The summed E-state index contributed by atoms with van der Waals surface area (Å²) in [5.41, 5.74) is 3.53. The number of aromatic nitrogens is 1. The van der Waals surface area contributed by atoms with Crippen molar-refractivity contribution in [3.05, 3.63) is 62.5 Å². The van der Waals surface area contributed by atoms with E-state index in [1.807, 2.05) is 18.5 Å². The van der Waals surface area contributed by atoms with Crippen LogP contribution >= 0.6 is 0 Å². The quantitative estimate of drug-likeness (QED) is 0.352. The lowest BCUT2D eigenvalue weighted by molar-refractivity contribution is -0.384. The SMILES string of the molecule is CCOC(=O)c1c(C)c(C=C(C#N)c2ccc([N+](=O)[O-])cc2)n(C)c1C. The third-order valence-corrected chi connectivity index (χ3v) is 4.26. The lowest BCUT2D eigenvalue weighted by Crippen LogP contribution is -2.07. The van der Waals surface area contributed by atoms with E-state index in [4.69, 9.17) is 4.74 Å². The molecule has 0 amide bonds. The van der Waals surface area contributed by atoms with Crippen LogP contribution in [0, 0.1) is 35.3 Å². The lowest BCUT2D eigenvalue weighted by Gasteiger charge is -2.04. The number of carbonyl (C=O) groups is 1. The van der Waals surface area contributed by atoms with Crippen LogP contribution in [0.1, 0.15) is 39.8 Å². The first-order chi connectivity index (χ1) is 12.3. The Labute approximate surface area is 151 Å². The van der Waals surface area contributed by atoms with Crippen LogP contribution in [-0.2, 0) is 11.8 Å². The largest absolute Gasteiger partial charge is 0.462 e. The predicted molar refractivity (Wildman–Crippen MR) is 97.4 cm³/mol. The van der Waals surface area contributed by atoms with Crippen molar-refractivity contribution in [3.8, 4) is 6.07 Å². The van der Waals surface area contributed by atoms with Crippen molar-refractivity contribution in [2.75, 3.05) is 6.61 Å². The second-order valence-corrected chi connectivity index (χ2v) is 5.72. The van der Waals surface area contributed by atoms with Gasteiger partial charge in [0.25, 0.3) is 5.69 Å². The lowest BCUT2D eigenvalue weighted by atomic mass is 10.0. The summed E-state index contributed by atoms with van der Waals surface area (Å²) in [7, 11) is 1.81. The summed E-state index contributed by atoms with van der Waals surface area (Å²) in [5, 5.41) is 20.3. The second-order valence-electron chi connectivity index (χ2n) is 5.72. The van der Waals surface area contributed by atoms with Gasteiger partial charge in [0.15, 0.2) is 0 Å². The fourth-order valence-electron chi connectivity index (χ4n) is 2.79. The van der Waals surface area contributed by atoms with E-state index in [1.165, 1.54) is 24.3 Å². The minimum Gasteiger partial charge on any atom is -0.462 e. The summed E-state index contributed by atoms with van der Waals surface area (Å²) < 4.78 is 6.93. The normalized spacial score (nSPS) is 11.1. The number of nitro benzene ring substituents is 1. The summed E-state index contributed by atoms with van der Waals surface area (Å²) in [6.07, 6.45) is 1.67. The summed E-state index contributed by atoms with van der Waals surface area (Å²) in [4.78, 5) is 22.5. The van der Waals surface area contributed by atoms with Gasteiger partial charge in [-0.3, -0.25) is 10.1 Å². The van der Waals surface area contributed by atoms with Crippen molar-refractivity contribution in [2.45, 2.75) is 20.8 Å². The van der Waals surface area contributed by atoms with Crippen molar-refractivity contribution in [2.24, 2.45) is 7.05 Å². The van der Waals surface area contributed by atoms with Gasteiger partial charge in [-0.05, 0) is 50.1 Å². The number of rotatable bonds is 5. The molecule has 1 aromatic heterocycles. The first kappa shape index (κ1) is 18.9. The minimum atomic E-state index is -0.490. The zero-order chi connectivity index (χ0) is 19.4. The number of hydrogen-bond acceptors (Lipinski definition) is 5. The van der Waals surface area contributed by atoms with Crippen LogP contribution in [0.2, 0.25) is 0 Å².